The van der Waals surface area contributed by atoms with Crippen molar-refractivity contribution in [3.05, 3.63) is 35.9 Å². The van der Waals surface area contributed by atoms with Crippen molar-refractivity contribution in [2.24, 2.45) is 0 Å². The van der Waals surface area contributed by atoms with Crippen LogP contribution in [0, 0.1) is 0 Å². The maximum atomic E-state index is 2.30. The van der Waals surface area contributed by atoms with Gasteiger partial charge in [-0.15, -0.1) is 0 Å². The zero-order valence-electron chi connectivity index (χ0n) is 11.9. The van der Waals surface area contributed by atoms with Gasteiger partial charge in [-0.3, -0.25) is 0 Å². The molecule has 0 bridgehead atoms. The second kappa shape index (κ2) is 6.94. The Hall–Kier alpha value is -0.820. The van der Waals surface area contributed by atoms with Gasteiger partial charge in [0.15, 0.2) is 0 Å². The minimum Gasteiger partial charge on any atom is -0.320 e. The Kier molecular flexibility index (Phi) is 5.25. The summed E-state index contributed by atoms with van der Waals surface area (Å²) in [6.07, 6.45) is 8.46. The summed E-state index contributed by atoms with van der Waals surface area (Å²) in [6, 6.07) is 11.1. The van der Waals surface area contributed by atoms with Gasteiger partial charge in [-0.1, -0.05) is 50.1 Å². The normalized spacial score (nSPS) is 18.1. The molecule has 0 radical (unpaired) electrons. The average Bonchev–Trinajstić information content (AvgIpc) is 2.85. The molecule has 18 heavy (non-hydrogen) atoms. The molecule has 1 fully saturated rings. The van der Waals surface area contributed by atoms with Crippen LogP contribution in [0.1, 0.15) is 51.0 Å². The SMILES string of the molecule is CCCCCC[N+]1(Cc2ccccc2)CCCC1. The molecule has 0 aromatic heterocycles. The van der Waals surface area contributed by atoms with Crippen molar-refractivity contribution in [3.63, 3.8) is 0 Å². The molecule has 1 aliphatic rings. The highest BCUT2D eigenvalue weighted by Crippen LogP contribution is 2.24. The molecular formula is C17H28N+. The van der Waals surface area contributed by atoms with E-state index in [4.69, 9.17) is 0 Å². The Morgan fingerprint density at radius 3 is 2.33 bits per heavy atom. The topological polar surface area (TPSA) is 0 Å². The van der Waals surface area contributed by atoms with Crippen LogP contribution in [0.5, 0.6) is 0 Å². The van der Waals surface area contributed by atoms with Crippen LogP contribution in [0.4, 0.5) is 0 Å². The van der Waals surface area contributed by atoms with Crippen LogP contribution in [-0.4, -0.2) is 24.1 Å². The van der Waals surface area contributed by atoms with Crippen LogP contribution >= 0.6 is 0 Å². The summed E-state index contributed by atoms with van der Waals surface area (Å²) in [6.45, 7) is 7.76. The van der Waals surface area contributed by atoms with E-state index in [0.717, 1.165) is 0 Å². The largest absolute Gasteiger partial charge is 0.320 e. The van der Waals surface area contributed by atoms with Gasteiger partial charge in [-0.2, -0.15) is 0 Å². The van der Waals surface area contributed by atoms with Gasteiger partial charge in [0.1, 0.15) is 6.54 Å². The van der Waals surface area contributed by atoms with E-state index in [2.05, 4.69) is 37.3 Å². The maximum absolute atomic E-state index is 2.30. The number of benzene rings is 1. The van der Waals surface area contributed by atoms with E-state index in [9.17, 15) is 0 Å². The van der Waals surface area contributed by atoms with E-state index in [-0.39, 0.29) is 0 Å². The third-order valence-electron chi connectivity index (χ3n) is 4.36. The molecule has 1 aromatic carbocycles. The Bertz CT molecular complexity index is 325. The molecule has 0 N–H and O–H groups in total. The van der Waals surface area contributed by atoms with E-state index < -0.39 is 0 Å². The second-order valence-electron chi connectivity index (χ2n) is 5.92. The molecule has 1 saturated heterocycles. The summed E-state index contributed by atoms with van der Waals surface area (Å²) in [5, 5.41) is 0. The summed E-state index contributed by atoms with van der Waals surface area (Å²) in [7, 11) is 0. The number of quaternary nitrogens is 1. The minimum absolute atomic E-state index is 1.26. The Morgan fingerprint density at radius 2 is 1.67 bits per heavy atom. The van der Waals surface area contributed by atoms with Gasteiger partial charge in [0.2, 0.25) is 0 Å². The van der Waals surface area contributed by atoms with Crippen molar-refractivity contribution in [3.8, 4) is 0 Å². The number of nitrogens with zero attached hydrogens (tertiary/aromatic N) is 1. The van der Waals surface area contributed by atoms with Gasteiger partial charge in [0.25, 0.3) is 0 Å². The highest BCUT2D eigenvalue weighted by molar-refractivity contribution is 5.13. The third-order valence-corrected chi connectivity index (χ3v) is 4.36. The van der Waals surface area contributed by atoms with Crippen molar-refractivity contribution in [1.29, 1.82) is 0 Å². The van der Waals surface area contributed by atoms with Gasteiger partial charge in [0, 0.05) is 18.4 Å². The summed E-state index contributed by atoms with van der Waals surface area (Å²) in [5.74, 6) is 0. The van der Waals surface area contributed by atoms with E-state index >= 15 is 0 Å². The van der Waals surface area contributed by atoms with Crippen LogP contribution < -0.4 is 0 Å². The smallest absolute Gasteiger partial charge is 0.104 e. The Morgan fingerprint density at radius 1 is 0.944 bits per heavy atom. The summed E-state index contributed by atoms with van der Waals surface area (Å²) in [5.41, 5.74) is 1.52. The second-order valence-corrected chi connectivity index (χ2v) is 5.92. The van der Waals surface area contributed by atoms with Gasteiger partial charge in [0.05, 0.1) is 19.6 Å². The fourth-order valence-corrected chi connectivity index (χ4v) is 3.31. The number of rotatable bonds is 7. The highest BCUT2D eigenvalue weighted by atomic mass is 15.4. The molecule has 1 heterocycles. The van der Waals surface area contributed by atoms with E-state index in [1.165, 1.54) is 74.8 Å². The van der Waals surface area contributed by atoms with Crippen molar-refractivity contribution in [1.82, 2.24) is 0 Å². The van der Waals surface area contributed by atoms with Crippen molar-refractivity contribution >= 4 is 0 Å². The molecule has 0 aliphatic carbocycles. The summed E-state index contributed by atoms with van der Waals surface area (Å²) in [4.78, 5) is 0. The summed E-state index contributed by atoms with van der Waals surface area (Å²) >= 11 is 0. The van der Waals surface area contributed by atoms with Crippen LogP contribution in [0.3, 0.4) is 0 Å². The Labute approximate surface area is 112 Å². The first-order valence-corrected chi connectivity index (χ1v) is 7.74. The molecular weight excluding hydrogens is 218 g/mol. The van der Waals surface area contributed by atoms with Crippen LogP contribution in [0.25, 0.3) is 0 Å². The lowest BCUT2D eigenvalue weighted by molar-refractivity contribution is -0.930. The standard InChI is InChI=1S/C17H28N/c1-2-3-4-8-13-18(14-9-10-15-18)16-17-11-6-5-7-12-17/h5-7,11-12H,2-4,8-10,13-16H2,1H3/q+1. The molecule has 0 spiro atoms. The molecule has 1 aliphatic heterocycles. The third kappa shape index (κ3) is 3.84. The first-order chi connectivity index (χ1) is 8.85. The van der Waals surface area contributed by atoms with Gasteiger partial charge in [-0.25, -0.2) is 0 Å². The summed E-state index contributed by atoms with van der Waals surface area (Å²) < 4.78 is 1.35. The monoisotopic (exact) mass is 246 g/mol. The molecule has 1 aromatic rings. The quantitative estimate of drug-likeness (QED) is 0.495. The van der Waals surface area contributed by atoms with Crippen molar-refractivity contribution < 1.29 is 4.48 Å². The number of unbranched alkanes of at least 4 members (excludes halogenated alkanes) is 3. The first kappa shape index (κ1) is 13.6. The predicted molar refractivity (Wildman–Crippen MR) is 78.4 cm³/mol. The van der Waals surface area contributed by atoms with Gasteiger partial charge < -0.3 is 4.48 Å². The van der Waals surface area contributed by atoms with Crippen LogP contribution in [0.15, 0.2) is 30.3 Å². The molecule has 2 rings (SSSR count). The Balaban J connectivity index is 1.90. The lowest BCUT2D eigenvalue weighted by atomic mass is 10.1. The highest BCUT2D eigenvalue weighted by Gasteiger charge is 2.31. The van der Waals surface area contributed by atoms with Crippen molar-refractivity contribution in [2.75, 3.05) is 19.6 Å². The number of hydrogen-bond acceptors (Lipinski definition) is 0. The molecule has 0 saturated carbocycles. The van der Waals surface area contributed by atoms with E-state index in [1.54, 1.807) is 0 Å². The maximum Gasteiger partial charge on any atom is 0.104 e. The zero-order valence-corrected chi connectivity index (χ0v) is 11.9. The fraction of sp³-hybridized carbons (Fsp3) is 0.647. The molecule has 0 unspecified atom stereocenters. The van der Waals surface area contributed by atoms with Crippen LogP contribution in [0.2, 0.25) is 0 Å². The van der Waals surface area contributed by atoms with Gasteiger partial charge >= 0.3 is 0 Å². The van der Waals surface area contributed by atoms with Crippen LogP contribution in [-0.2, 0) is 6.54 Å². The first-order valence-electron chi connectivity index (χ1n) is 7.74. The van der Waals surface area contributed by atoms with Crippen molar-refractivity contribution in [2.45, 2.75) is 52.0 Å². The van der Waals surface area contributed by atoms with Gasteiger partial charge in [-0.05, 0) is 12.8 Å². The minimum atomic E-state index is 1.26. The molecule has 1 heteroatoms. The average molecular weight is 246 g/mol. The lowest BCUT2D eigenvalue weighted by Gasteiger charge is -2.34. The fourth-order valence-electron chi connectivity index (χ4n) is 3.31. The molecule has 0 amide bonds. The molecule has 0 atom stereocenters. The number of hydrogen-bond donors (Lipinski definition) is 0. The zero-order chi connectivity index (χ0) is 12.7. The lowest BCUT2D eigenvalue weighted by Crippen LogP contribution is -2.45. The number of likely N-dealkylation sites (tertiary alicyclic amines) is 1. The molecule has 100 valence electrons. The van der Waals surface area contributed by atoms with E-state index in [1.807, 2.05) is 0 Å². The predicted octanol–water partition coefficient (Wildman–Crippen LogP) is 4.38. The molecule has 1 nitrogen and oxygen atoms in total. The van der Waals surface area contributed by atoms with E-state index in [0.29, 0.717) is 0 Å².